The molecule has 1 aliphatic heterocycles. The van der Waals surface area contributed by atoms with Crippen LogP contribution in [0, 0.1) is 5.92 Å². The number of fused-ring (bicyclic) bond motifs is 1. The zero-order valence-electron chi connectivity index (χ0n) is 12.8. The predicted molar refractivity (Wildman–Crippen MR) is 90.4 cm³/mol. The fourth-order valence-corrected chi connectivity index (χ4v) is 2.79. The lowest BCUT2D eigenvalue weighted by Crippen LogP contribution is -2.35. The third-order valence-electron chi connectivity index (χ3n) is 4.06. The molecule has 4 nitrogen and oxygen atoms in total. The summed E-state index contributed by atoms with van der Waals surface area (Å²) in [6.45, 7) is 3.75. The van der Waals surface area contributed by atoms with E-state index in [1.165, 1.54) is 0 Å². The molecule has 1 aromatic carbocycles. The van der Waals surface area contributed by atoms with Crippen molar-refractivity contribution < 1.29 is 9.59 Å². The number of carbonyl (C=O) groups excluding carboxylic acids is 2. The fraction of sp³-hybridized carbons (Fsp3) is 0.167. The molecule has 1 aliphatic carbocycles. The molecule has 1 unspecified atom stereocenters. The molecule has 1 heterocycles. The van der Waals surface area contributed by atoms with Gasteiger partial charge in [-0.2, -0.15) is 0 Å². The van der Waals surface area contributed by atoms with E-state index in [-0.39, 0.29) is 17.7 Å². The second kappa shape index (κ2) is 5.97. The Morgan fingerprint density at radius 3 is 2.83 bits per heavy atom. The highest BCUT2D eigenvalue weighted by Gasteiger charge is 2.27. The van der Waals surface area contributed by atoms with Gasteiger partial charge in [-0.25, -0.2) is 4.99 Å². The van der Waals surface area contributed by atoms with E-state index in [4.69, 9.17) is 11.6 Å². The van der Waals surface area contributed by atoms with Gasteiger partial charge in [0.05, 0.1) is 5.71 Å². The number of halogens is 1. The first-order chi connectivity index (χ1) is 11.0. The molecule has 1 aromatic rings. The van der Waals surface area contributed by atoms with Crippen molar-refractivity contribution >= 4 is 29.1 Å². The summed E-state index contributed by atoms with van der Waals surface area (Å²) >= 11 is 5.89. The maximum absolute atomic E-state index is 12.2. The summed E-state index contributed by atoms with van der Waals surface area (Å²) in [5.74, 6) is -0.443. The largest absolute Gasteiger partial charge is 0.325 e. The second-order valence-electron chi connectivity index (χ2n) is 5.55. The van der Waals surface area contributed by atoms with Crippen LogP contribution in [0.25, 0.3) is 0 Å². The first kappa shape index (κ1) is 15.4. The summed E-state index contributed by atoms with van der Waals surface area (Å²) < 4.78 is 0. The van der Waals surface area contributed by atoms with Gasteiger partial charge in [0.15, 0.2) is 0 Å². The van der Waals surface area contributed by atoms with E-state index >= 15 is 0 Å². The minimum absolute atomic E-state index is 0.0351. The lowest BCUT2D eigenvalue weighted by molar-refractivity contribution is -0.117. The van der Waals surface area contributed by atoms with E-state index in [2.05, 4.69) is 10.3 Å². The van der Waals surface area contributed by atoms with Gasteiger partial charge < -0.3 is 5.32 Å². The maximum atomic E-state index is 12.2. The van der Waals surface area contributed by atoms with E-state index in [0.717, 1.165) is 16.8 Å². The average Bonchev–Trinajstić information content (AvgIpc) is 2.52. The summed E-state index contributed by atoms with van der Waals surface area (Å²) in [5.41, 5.74) is 3.43. The molecule has 1 N–H and O–H groups in total. The number of aliphatic imine (C=N–C) groups is 1. The standard InChI is InChI=1S/C18H15ClN2O2/c1-10-11(2)17(22)21-16-9-14(6-7-15(10)16)20-18(23)12-4-3-5-13(19)8-12/h3-9,15H,1-2H3,(H,21,22). The van der Waals surface area contributed by atoms with E-state index in [9.17, 15) is 9.59 Å². The SMILES string of the molecule is CC1=C(C)C2C=CC(=NC(=O)c3cccc(Cl)c3)C=C2NC1=O. The molecule has 0 fully saturated rings. The Labute approximate surface area is 139 Å². The summed E-state index contributed by atoms with van der Waals surface area (Å²) in [6, 6.07) is 6.65. The summed E-state index contributed by atoms with van der Waals surface area (Å²) in [5, 5.41) is 3.34. The highest BCUT2D eigenvalue weighted by Crippen LogP contribution is 2.29. The Morgan fingerprint density at radius 2 is 2.09 bits per heavy atom. The first-order valence-electron chi connectivity index (χ1n) is 7.23. The van der Waals surface area contributed by atoms with Crippen LogP contribution < -0.4 is 5.32 Å². The van der Waals surface area contributed by atoms with Gasteiger partial charge in [-0.05, 0) is 44.2 Å². The van der Waals surface area contributed by atoms with Crippen LogP contribution in [-0.4, -0.2) is 17.5 Å². The molecule has 0 aromatic heterocycles. The number of nitrogens with zero attached hydrogens (tertiary/aromatic N) is 1. The molecular formula is C18H15ClN2O2. The monoisotopic (exact) mass is 326 g/mol. The third-order valence-corrected chi connectivity index (χ3v) is 4.29. The normalized spacial score (nSPS) is 21.9. The zero-order valence-corrected chi connectivity index (χ0v) is 13.5. The highest BCUT2D eigenvalue weighted by atomic mass is 35.5. The van der Waals surface area contributed by atoms with Crippen molar-refractivity contribution in [3.05, 3.63) is 69.9 Å². The van der Waals surface area contributed by atoms with E-state index in [1.54, 1.807) is 36.4 Å². The Kier molecular flexibility index (Phi) is 4.01. The van der Waals surface area contributed by atoms with Crippen molar-refractivity contribution in [2.45, 2.75) is 13.8 Å². The van der Waals surface area contributed by atoms with Gasteiger partial charge in [-0.1, -0.05) is 29.3 Å². The lowest BCUT2D eigenvalue weighted by atomic mass is 9.85. The van der Waals surface area contributed by atoms with Crippen LogP contribution in [0.3, 0.4) is 0 Å². The number of rotatable bonds is 1. The van der Waals surface area contributed by atoms with Crippen molar-refractivity contribution in [3.63, 3.8) is 0 Å². The Balaban J connectivity index is 1.90. The molecule has 0 saturated heterocycles. The van der Waals surface area contributed by atoms with Crippen LogP contribution in [-0.2, 0) is 4.79 Å². The van der Waals surface area contributed by atoms with Crippen LogP contribution in [0.15, 0.2) is 64.3 Å². The Bertz CT molecular complexity index is 831. The van der Waals surface area contributed by atoms with Gasteiger partial charge in [0.25, 0.3) is 11.8 Å². The van der Waals surface area contributed by atoms with Gasteiger partial charge >= 0.3 is 0 Å². The van der Waals surface area contributed by atoms with Crippen molar-refractivity contribution in [1.29, 1.82) is 0 Å². The van der Waals surface area contributed by atoms with Crippen LogP contribution in [0.1, 0.15) is 24.2 Å². The minimum Gasteiger partial charge on any atom is -0.325 e. The molecule has 2 aliphatic rings. The Morgan fingerprint density at radius 1 is 1.30 bits per heavy atom. The van der Waals surface area contributed by atoms with Crippen molar-refractivity contribution in [1.82, 2.24) is 5.32 Å². The number of hydrogen-bond acceptors (Lipinski definition) is 2. The molecule has 23 heavy (non-hydrogen) atoms. The van der Waals surface area contributed by atoms with Gasteiger partial charge in [-0.3, -0.25) is 9.59 Å². The number of carbonyl (C=O) groups is 2. The van der Waals surface area contributed by atoms with E-state index < -0.39 is 0 Å². The molecule has 3 rings (SSSR count). The van der Waals surface area contributed by atoms with Gasteiger partial charge in [0, 0.05) is 27.8 Å². The maximum Gasteiger partial charge on any atom is 0.277 e. The molecule has 5 heteroatoms. The van der Waals surface area contributed by atoms with Crippen LogP contribution in [0.5, 0.6) is 0 Å². The van der Waals surface area contributed by atoms with Crippen LogP contribution in [0.2, 0.25) is 5.02 Å². The number of allylic oxidation sites excluding steroid dienone is 3. The van der Waals surface area contributed by atoms with E-state index in [0.29, 0.717) is 16.3 Å². The fourth-order valence-electron chi connectivity index (χ4n) is 2.60. The van der Waals surface area contributed by atoms with Gasteiger partial charge in [0.1, 0.15) is 0 Å². The topological polar surface area (TPSA) is 58.5 Å². The first-order valence-corrected chi connectivity index (χ1v) is 7.60. The molecular weight excluding hydrogens is 312 g/mol. The minimum atomic E-state index is -0.368. The Hall–Kier alpha value is -2.46. The molecule has 0 bridgehead atoms. The highest BCUT2D eigenvalue weighted by molar-refractivity contribution is 6.31. The van der Waals surface area contributed by atoms with Gasteiger partial charge in [-0.15, -0.1) is 0 Å². The second-order valence-corrected chi connectivity index (χ2v) is 5.99. The van der Waals surface area contributed by atoms with Crippen molar-refractivity contribution in [3.8, 4) is 0 Å². The lowest BCUT2D eigenvalue weighted by Gasteiger charge is -2.28. The number of hydrogen-bond donors (Lipinski definition) is 1. The number of nitrogens with one attached hydrogen (secondary N) is 1. The van der Waals surface area contributed by atoms with Crippen LogP contribution >= 0.6 is 11.6 Å². The summed E-state index contributed by atoms with van der Waals surface area (Å²) in [4.78, 5) is 28.2. The van der Waals surface area contributed by atoms with Crippen molar-refractivity contribution in [2.75, 3.05) is 0 Å². The van der Waals surface area contributed by atoms with E-state index in [1.807, 2.05) is 19.9 Å². The number of amides is 2. The quantitative estimate of drug-likeness (QED) is 0.859. The third kappa shape index (κ3) is 3.03. The molecule has 116 valence electrons. The molecule has 1 atom stereocenters. The smallest absolute Gasteiger partial charge is 0.277 e. The summed E-state index contributed by atoms with van der Waals surface area (Å²) in [7, 11) is 0. The average molecular weight is 327 g/mol. The summed E-state index contributed by atoms with van der Waals surface area (Å²) in [6.07, 6.45) is 5.48. The molecule has 2 amide bonds. The van der Waals surface area contributed by atoms with Crippen molar-refractivity contribution in [2.24, 2.45) is 10.9 Å². The number of benzene rings is 1. The molecule has 0 spiro atoms. The zero-order chi connectivity index (χ0) is 16.6. The predicted octanol–water partition coefficient (Wildman–Crippen LogP) is 3.46. The molecule has 0 radical (unpaired) electrons. The van der Waals surface area contributed by atoms with Crippen LogP contribution in [0.4, 0.5) is 0 Å². The van der Waals surface area contributed by atoms with Gasteiger partial charge in [0.2, 0.25) is 0 Å². The molecule has 0 saturated carbocycles.